The number of fused-ring (bicyclic) bond motifs is 1. The molecule has 1 amide bonds. The molecule has 0 spiro atoms. The Hall–Kier alpha value is -2.24. The molecule has 0 saturated carbocycles. The lowest BCUT2D eigenvalue weighted by Crippen LogP contribution is -2.11. The lowest BCUT2D eigenvalue weighted by molar-refractivity contribution is -0.116. The van der Waals surface area contributed by atoms with Crippen molar-refractivity contribution in [3.8, 4) is 11.3 Å². The zero-order valence-electron chi connectivity index (χ0n) is 12.9. The molecule has 1 aromatic heterocycles. The number of hydrogen-bond donors (Lipinski definition) is 1. The van der Waals surface area contributed by atoms with E-state index in [1.54, 1.807) is 7.11 Å². The SMILES string of the molecule is COCCCC(=O)Nc1nc(-c2cccc3ccccc23)cs1. The van der Waals surface area contributed by atoms with Crippen LogP contribution in [0.5, 0.6) is 0 Å². The van der Waals surface area contributed by atoms with Crippen molar-refractivity contribution >= 4 is 33.1 Å². The smallest absolute Gasteiger partial charge is 0.226 e. The van der Waals surface area contributed by atoms with Crippen molar-refractivity contribution in [3.63, 3.8) is 0 Å². The Kier molecular flexibility index (Phi) is 5.00. The minimum Gasteiger partial charge on any atom is -0.385 e. The molecule has 0 saturated heterocycles. The Morgan fingerprint density at radius 1 is 1.22 bits per heavy atom. The van der Waals surface area contributed by atoms with Crippen LogP contribution in [0.4, 0.5) is 5.13 Å². The maximum Gasteiger partial charge on any atom is 0.226 e. The fourth-order valence-corrected chi connectivity index (χ4v) is 3.19. The summed E-state index contributed by atoms with van der Waals surface area (Å²) in [5.74, 6) is -0.0270. The van der Waals surface area contributed by atoms with E-state index in [0.717, 1.165) is 11.3 Å². The number of hydrogen-bond acceptors (Lipinski definition) is 4. The van der Waals surface area contributed by atoms with Gasteiger partial charge in [-0.1, -0.05) is 42.5 Å². The number of aromatic nitrogens is 1. The predicted molar refractivity (Wildman–Crippen MR) is 94.8 cm³/mol. The summed E-state index contributed by atoms with van der Waals surface area (Å²) in [5, 5.41) is 7.81. The Labute approximate surface area is 139 Å². The standard InChI is InChI=1S/C18H18N2O2S/c1-22-11-5-10-17(21)20-18-19-16(12-23-18)15-9-4-7-13-6-2-3-8-14(13)15/h2-4,6-9,12H,5,10-11H2,1H3,(H,19,20,21). The van der Waals surface area contributed by atoms with Crippen LogP contribution >= 0.6 is 11.3 Å². The molecule has 4 nitrogen and oxygen atoms in total. The summed E-state index contributed by atoms with van der Waals surface area (Å²) >= 11 is 1.45. The normalized spacial score (nSPS) is 10.8. The number of carbonyl (C=O) groups is 1. The molecule has 1 heterocycles. The van der Waals surface area contributed by atoms with E-state index in [-0.39, 0.29) is 5.91 Å². The zero-order valence-corrected chi connectivity index (χ0v) is 13.7. The van der Waals surface area contributed by atoms with Crippen molar-refractivity contribution in [1.82, 2.24) is 4.98 Å². The highest BCUT2D eigenvalue weighted by Crippen LogP contribution is 2.30. The lowest BCUT2D eigenvalue weighted by atomic mass is 10.0. The average molecular weight is 326 g/mol. The summed E-state index contributed by atoms with van der Waals surface area (Å²) in [6.07, 6.45) is 1.15. The molecule has 1 N–H and O–H groups in total. The number of nitrogens with one attached hydrogen (secondary N) is 1. The van der Waals surface area contributed by atoms with E-state index >= 15 is 0 Å². The lowest BCUT2D eigenvalue weighted by Gasteiger charge is -2.04. The molecule has 3 aromatic rings. The number of ether oxygens (including phenoxy) is 1. The fraction of sp³-hybridized carbons (Fsp3) is 0.222. The number of anilines is 1. The molecule has 0 unspecified atom stereocenters. The van der Waals surface area contributed by atoms with Crippen molar-refractivity contribution in [1.29, 1.82) is 0 Å². The van der Waals surface area contributed by atoms with Crippen molar-refractivity contribution in [2.24, 2.45) is 0 Å². The van der Waals surface area contributed by atoms with Gasteiger partial charge in [0.25, 0.3) is 0 Å². The van der Waals surface area contributed by atoms with E-state index in [4.69, 9.17) is 4.74 Å². The van der Waals surface area contributed by atoms with Crippen LogP contribution in [-0.4, -0.2) is 24.6 Å². The Morgan fingerprint density at radius 3 is 2.91 bits per heavy atom. The molecule has 0 bridgehead atoms. The first-order valence-electron chi connectivity index (χ1n) is 7.50. The fourth-order valence-electron chi connectivity index (χ4n) is 2.46. The van der Waals surface area contributed by atoms with E-state index in [9.17, 15) is 4.79 Å². The van der Waals surface area contributed by atoms with Gasteiger partial charge in [-0.05, 0) is 17.2 Å². The molecule has 3 rings (SSSR count). The highest BCUT2D eigenvalue weighted by molar-refractivity contribution is 7.14. The van der Waals surface area contributed by atoms with Gasteiger partial charge in [0.05, 0.1) is 5.69 Å². The number of nitrogens with zero attached hydrogens (tertiary/aromatic N) is 1. The molecule has 0 atom stereocenters. The third kappa shape index (κ3) is 3.75. The van der Waals surface area contributed by atoms with E-state index in [1.165, 1.54) is 22.1 Å². The van der Waals surface area contributed by atoms with Gasteiger partial charge in [-0.3, -0.25) is 4.79 Å². The maximum atomic E-state index is 11.8. The van der Waals surface area contributed by atoms with Gasteiger partial charge in [0.2, 0.25) is 5.91 Å². The van der Waals surface area contributed by atoms with Gasteiger partial charge >= 0.3 is 0 Å². The summed E-state index contributed by atoms with van der Waals surface area (Å²) < 4.78 is 4.95. The first-order valence-corrected chi connectivity index (χ1v) is 8.38. The van der Waals surface area contributed by atoms with E-state index in [1.807, 2.05) is 23.6 Å². The first-order chi connectivity index (χ1) is 11.3. The number of carbonyl (C=O) groups excluding carboxylic acids is 1. The van der Waals surface area contributed by atoms with Gasteiger partial charge < -0.3 is 10.1 Å². The van der Waals surface area contributed by atoms with Gasteiger partial charge in [0, 0.05) is 31.1 Å². The molecule has 23 heavy (non-hydrogen) atoms. The molecule has 0 radical (unpaired) electrons. The molecule has 0 fully saturated rings. The summed E-state index contributed by atoms with van der Waals surface area (Å²) in [7, 11) is 1.63. The van der Waals surface area contributed by atoms with Gasteiger partial charge in [-0.15, -0.1) is 11.3 Å². The molecule has 2 aromatic carbocycles. The Bertz CT molecular complexity index is 808. The maximum absolute atomic E-state index is 11.8. The van der Waals surface area contributed by atoms with Crippen molar-refractivity contribution in [2.45, 2.75) is 12.8 Å². The predicted octanol–water partition coefficient (Wildman–Crippen LogP) is 4.33. The number of amides is 1. The van der Waals surface area contributed by atoms with Crippen LogP contribution in [0.2, 0.25) is 0 Å². The Balaban J connectivity index is 1.77. The molecule has 0 aliphatic heterocycles. The topological polar surface area (TPSA) is 51.2 Å². The third-order valence-electron chi connectivity index (χ3n) is 3.57. The quantitative estimate of drug-likeness (QED) is 0.686. The molecule has 118 valence electrons. The summed E-state index contributed by atoms with van der Waals surface area (Å²) in [6, 6.07) is 14.4. The van der Waals surface area contributed by atoms with Crippen molar-refractivity contribution in [3.05, 3.63) is 47.8 Å². The van der Waals surface area contributed by atoms with Crippen LogP contribution in [0.25, 0.3) is 22.0 Å². The summed E-state index contributed by atoms with van der Waals surface area (Å²) in [5.41, 5.74) is 1.97. The van der Waals surface area contributed by atoms with Gasteiger partial charge in [0.1, 0.15) is 0 Å². The van der Waals surface area contributed by atoms with Crippen LogP contribution in [-0.2, 0) is 9.53 Å². The second-order valence-corrected chi connectivity index (χ2v) is 6.07. The van der Waals surface area contributed by atoms with E-state index in [0.29, 0.717) is 24.6 Å². The van der Waals surface area contributed by atoms with Gasteiger partial charge in [-0.2, -0.15) is 0 Å². The second kappa shape index (κ2) is 7.35. The zero-order chi connectivity index (χ0) is 16.1. The minimum atomic E-state index is -0.0270. The summed E-state index contributed by atoms with van der Waals surface area (Å²) in [6.45, 7) is 0.590. The van der Waals surface area contributed by atoms with Gasteiger partial charge in [-0.25, -0.2) is 4.98 Å². The largest absolute Gasteiger partial charge is 0.385 e. The van der Waals surface area contributed by atoms with Crippen LogP contribution in [0, 0.1) is 0 Å². The number of thiazole rings is 1. The first kappa shape index (κ1) is 15.6. The van der Waals surface area contributed by atoms with Crippen molar-refractivity contribution < 1.29 is 9.53 Å². The highest BCUT2D eigenvalue weighted by atomic mass is 32.1. The van der Waals surface area contributed by atoms with E-state index in [2.05, 4.69) is 34.6 Å². The molecule has 0 aliphatic carbocycles. The number of benzene rings is 2. The van der Waals surface area contributed by atoms with E-state index < -0.39 is 0 Å². The van der Waals surface area contributed by atoms with Crippen LogP contribution in [0.1, 0.15) is 12.8 Å². The third-order valence-corrected chi connectivity index (χ3v) is 4.33. The van der Waals surface area contributed by atoms with Crippen LogP contribution < -0.4 is 5.32 Å². The number of rotatable bonds is 6. The monoisotopic (exact) mass is 326 g/mol. The van der Waals surface area contributed by atoms with Crippen molar-refractivity contribution in [2.75, 3.05) is 19.0 Å². The molecular weight excluding hydrogens is 308 g/mol. The van der Waals surface area contributed by atoms with Gasteiger partial charge in [0.15, 0.2) is 5.13 Å². The van der Waals surface area contributed by atoms with Crippen LogP contribution in [0.15, 0.2) is 47.8 Å². The molecule has 0 aliphatic rings. The number of methoxy groups -OCH3 is 1. The Morgan fingerprint density at radius 2 is 2.04 bits per heavy atom. The highest BCUT2D eigenvalue weighted by Gasteiger charge is 2.10. The second-order valence-electron chi connectivity index (χ2n) is 5.21. The average Bonchev–Trinajstić information content (AvgIpc) is 3.03. The minimum absolute atomic E-state index is 0.0270. The van der Waals surface area contributed by atoms with Crippen LogP contribution in [0.3, 0.4) is 0 Å². The summed E-state index contributed by atoms with van der Waals surface area (Å²) in [4.78, 5) is 16.4. The molecule has 5 heteroatoms. The molecular formula is C18H18N2O2S.